The minimum Gasteiger partial charge on any atom is -0.493 e. The number of methoxy groups -OCH3 is 1. The zero-order chi connectivity index (χ0) is 29.4. The van der Waals surface area contributed by atoms with Crippen LogP contribution in [0.2, 0.25) is 0 Å². The number of hydrogen-bond donors (Lipinski definition) is 1. The normalized spacial score (nSPS) is 21.0. The van der Waals surface area contributed by atoms with E-state index in [9.17, 15) is 18.8 Å². The molecule has 4 atom stereocenters. The fourth-order valence-corrected chi connectivity index (χ4v) is 4.94. The number of carbonyl (C=O) groups excluding carboxylic acids is 3. The van der Waals surface area contributed by atoms with Crippen LogP contribution in [0.3, 0.4) is 0 Å². The third kappa shape index (κ3) is 7.88. The number of rotatable bonds is 8. The number of nitrogens with zero attached hydrogens (tertiary/aromatic N) is 1. The van der Waals surface area contributed by atoms with Crippen LogP contribution in [0.25, 0.3) is 0 Å². The van der Waals surface area contributed by atoms with Crippen LogP contribution in [0.15, 0.2) is 66.9 Å². The fraction of sp³-hybridized carbons (Fsp3) is 0.355. The van der Waals surface area contributed by atoms with Crippen molar-refractivity contribution in [3.8, 4) is 11.5 Å². The number of nitrogens with one attached hydrogen (secondary N) is 1. The molecule has 2 heterocycles. The predicted molar refractivity (Wildman–Crippen MR) is 147 cm³/mol. The minimum atomic E-state index is -1.15. The molecule has 41 heavy (non-hydrogen) atoms. The Balaban J connectivity index is 1.57. The standard InChI is InChI=1S/C31H33FN2O7/c1-19-25(16-22-9-11-24(32)12-10-22)23(15-21-7-5-4-6-8-21)17-39-18-26(31(37)40-19)34-30(36)28-29(41-20(2)35)27(38-3)13-14-33-28/h4-14,19,23,25-26H,15-18H2,1-3H3,(H,34,36)/t19-,23-,25-,26-/m0/s1. The molecule has 1 N–H and O–H groups in total. The Morgan fingerprint density at radius 1 is 1.02 bits per heavy atom. The first-order chi connectivity index (χ1) is 19.7. The molecule has 1 aromatic heterocycles. The van der Waals surface area contributed by atoms with Crippen molar-refractivity contribution in [1.82, 2.24) is 10.3 Å². The summed E-state index contributed by atoms with van der Waals surface area (Å²) in [6, 6.07) is 16.5. The number of amides is 1. The summed E-state index contributed by atoms with van der Waals surface area (Å²) in [7, 11) is 1.36. The van der Waals surface area contributed by atoms with Crippen LogP contribution >= 0.6 is 0 Å². The van der Waals surface area contributed by atoms with E-state index in [0.717, 1.165) is 11.1 Å². The first-order valence-corrected chi connectivity index (χ1v) is 13.3. The summed E-state index contributed by atoms with van der Waals surface area (Å²) in [4.78, 5) is 42.2. The molecule has 0 radical (unpaired) electrons. The fourth-order valence-electron chi connectivity index (χ4n) is 4.94. The van der Waals surface area contributed by atoms with Crippen molar-refractivity contribution in [3.63, 3.8) is 0 Å². The summed E-state index contributed by atoms with van der Waals surface area (Å²) in [6.45, 7) is 3.16. The number of hydrogen-bond acceptors (Lipinski definition) is 8. The third-order valence-corrected chi connectivity index (χ3v) is 6.99. The van der Waals surface area contributed by atoms with Crippen molar-refractivity contribution in [2.75, 3.05) is 20.3 Å². The highest BCUT2D eigenvalue weighted by Crippen LogP contribution is 2.31. The SMILES string of the molecule is COc1ccnc(C(=O)N[C@H]2COC[C@H](Cc3ccccc3)[C@@H](Cc3ccc(F)cc3)[C@H](C)OC2=O)c1OC(C)=O. The summed E-state index contributed by atoms with van der Waals surface area (Å²) in [5.74, 6) is -2.66. The van der Waals surface area contributed by atoms with Crippen LogP contribution in [0, 0.1) is 17.7 Å². The number of cyclic esters (lactones) is 1. The molecule has 9 nitrogen and oxygen atoms in total. The molecule has 1 saturated heterocycles. The van der Waals surface area contributed by atoms with E-state index >= 15 is 0 Å². The number of pyridine rings is 1. The molecule has 1 aliphatic heterocycles. The Hall–Kier alpha value is -4.31. The molecule has 3 aromatic rings. The van der Waals surface area contributed by atoms with Gasteiger partial charge in [-0.05, 0) is 48.9 Å². The van der Waals surface area contributed by atoms with Crippen LogP contribution < -0.4 is 14.8 Å². The Bertz CT molecular complexity index is 1350. The van der Waals surface area contributed by atoms with Gasteiger partial charge >= 0.3 is 11.9 Å². The van der Waals surface area contributed by atoms with Gasteiger partial charge in [0.25, 0.3) is 5.91 Å². The van der Waals surface area contributed by atoms with Gasteiger partial charge in [0, 0.05) is 25.1 Å². The molecule has 1 aliphatic rings. The Kier molecular flexibility index (Phi) is 10.0. The molecule has 0 bridgehead atoms. The Labute approximate surface area is 238 Å². The number of halogens is 1. The molecule has 0 aliphatic carbocycles. The molecule has 0 spiro atoms. The maximum atomic E-state index is 13.6. The van der Waals surface area contributed by atoms with Gasteiger partial charge in [-0.25, -0.2) is 14.2 Å². The van der Waals surface area contributed by atoms with Gasteiger partial charge in [-0.15, -0.1) is 0 Å². The van der Waals surface area contributed by atoms with Crippen LogP contribution in [-0.4, -0.2) is 55.3 Å². The summed E-state index contributed by atoms with van der Waals surface area (Å²) < 4.78 is 35.9. The van der Waals surface area contributed by atoms with Gasteiger partial charge in [0.05, 0.1) is 20.3 Å². The second-order valence-corrected chi connectivity index (χ2v) is 9.93. The number of ether oxygens (including phenoxy) is 4. The van der Waals surface area contributed by atoms with E-state index in [2.05, 4.69) is 10.3 Å². The molecule has 0 unspecified atom stereocenters. The van der Waals surface area contributed by atoms with E-state index in [4.69, 9.17) is 18.9 Å². The molecular formula is C31H33FN2O7. The van der Waals surface area contributed by atoms with Crippen LogP contribution in [0.1, 0.15) is 35.5 Å². The van der Waals surface area contributed by atoms with E-state index < -0.39 is 30.0 Å². The van der Waals surface area contributed by atoms with Gasteiger partial charge in [0.1, 0.15) is 11.9 Å². The predicted octanol–water partition coefficient (Wildman–Crippen LogP) is 3.93. The van der Waals surface area contributed by atoms with E-state index in [1.54, 1.807) is 12.1 Å². The molecule has 1 amide bonds. The molecule has 2 aromatic carbocycles. The number of benzene rings is 2. The second-order valence-electron chi connectivity index (χ2n) is 9.93. The van der Waals surface area contributed by atoms with E-state index in [-0.39, 0.29) is 41.5 Å². The van der Waals surface area contributed by atoms with Crippen molar-refractivity contribution < 1.29 is 37.7 Å². The van der Waals surface area contributed by atoms with Gasteiger partial charge in [-0.3, -0.25) is 9.59 Å². The van der Waals surface area contributed by atoms with Crippen molar-refractivity contribution in [1.29, 1.82) is 0 Å². The van der Waals surface area contributed by atoms with Crippen LogP contribution in [0.5, 0.6) is 11.5 Å². The molecule has 0 saturated carbocycles. The topological polar surface area (TPSA) is 113 Å². The minimum absolute atomic E-state index is 0.0460. The summed E-state index contributed by atoms with van der Waals surface area (Å²) in [6.07, 6.45) is 1.99. The second kappa shape index (κ2) is 13.8. The van der Waals surface area contributed by atoms with Crippen molar-refractivity contribution in [3.05, 3.63) is 89.5 Å². The number of aromatic nitrogens is 1. The summed E-state index contributed by atoms with van der Waals surface area (Å²) >= 11 is 0. The highest BCUT2D eigenvalue weighted by molar-refractivity contribution is 5.98. The maximum absolute atomic E-state index is 13.6. The monoisotopic (exact) mass is 564 g/mol. The first kappa shape index (κ1) is 29.7. The van der Waals surface area contributed by atoms with Crippen LogP contribution in [-0.2, 0) is 31.9 Å². The lowest BCUT2D eigenvalue weighted by atomic mass is 9.80. The van der Waals surface area contributed by atoms with Crippen LogP contribution in [0.4, 0.5) is 4.39 Å². The van der Waals surface area contributed by atoms with Gasteiger partial charge < -0.3 is 24.3 Å². The van der Waals surface area contributed by atoms with E-state index in [1.807, 2.05) is 37.3 Å². The number of esters is 2. The van der Waals surface area contributed by atoms with Gasteiger partial charge in [0.2, 0.25) is 5.75 Å². The molecule has 4 rings (SSSR count). The molecule has 1 fully saturated rings. The quantitative estimate of drug-likeness (QED) is 0.410. The maximum Gasteiger partial charge on any atom is 0.331 e. The highest BCUT2D eigenvalue weighted by Gasteiger charge is 2.35. The highest BCUT2D eigenvalue weighted by atomic mass is 19.1. The van der Waals surface area contributed by atoms with Crippen molar-refractivity contribution >= 4 is 17.8 Å². The summed E-state index contributed by atoms with van der Waals surface area (Å²) in [5.41, 5.74) is 1.79. The summed E-state index contributed by atoms with van der Waals surface area (Å²) in [5, 5.41) is 2.61. The average Bonchev–Trinajstić information content (AvgIpc) is 3.00. The molecule has 216 valence electrons. The Morgan fingerprint density at radius 2 is 1.73 bits per heavy atom. The van der Waals surface area contributed by atoms with Gasteiger partial charge in [0.15, 0.2) is 17.5 Å². The van der Waals surface area contributed by atoms with Crippen molar-refractivity contribution in [2.24, 2.45) is 11.8 Å². The lowest BCUT2D eigenvalue weighted by molar-refractivity contribution is -0.153. The zero-order valence-electron chi connectivity index (χ0n) is 23.2. The molecular weight excluding hydrogens is 531 g/mol. The average molecular weight is 565 g/mol. The van der Waals surface area contributed by atoms with E-state index in [1.165, 1.54) is 38.4 Å². The Morgan fingerprint density at radius 3 is 2.41 bits per heavy atom. The van der Waals surface area contributed by atoms with Gasteiger partial charge in [-0.2, -0.15) is 0 Å². The smallest absolute Gasteiger partial charge is 0.331 e. The van der Waals surface area contributed by atoms with Gasteiger partial charge in [-0.1, -0.05) is 42.5 Å². The van der Waals surface area contributed by atoms with E-state index in [0.29, 0.717) is 19.4 Å². The largest absolute Gasteiger partial charge is 0.493 e. The lowest BCUT2D eigenvalue weighted by Crippen LogP contribution is -2.46. The number of carbonyl (C=O) groups is 3. The van der Waals surface area contributed by atoms with Crippen molar-refractivity contribution in [2.45, 2.75) is 38.8 Å². The molecule has 10 heteroatoms. The first-order valence-electron chi connectivity index (χ1n) is 13.3. The lowest BCUT2D eigenvalue weighted by Gasteiger charge is -2.31. The zero-order valence-corrected chi connectivity index (χ0v) is 23.2. The third-order valence-electron chi connectivity index (χ3n) is 6.99.